The van der Waals surface area contributed by atoms with Gasteiger partial charge in [0.1, 0.15) is 5.41 Å². The molecule has 0 radical (unpaired) electrons. The molecule has 6 nitrogen and oxygen atoms in total. The SMILES string of the molecule is CCc1cccc(CC)c1NC(=O)C(C)(C)C(=O)Nc1cccc(C(=O)OC)c1. The highest BCUT2D eigenvalue weighted by molar-refractivity contribution is 6.14. The third-order valence-electron chi connectivity index (χ3n) is 4.91. The largest absolute Gasteiger partial charge is 0.465 e. The second-order valence-corrected chi connectivity index (χ2v) is 7.26. The van der Waals surface area contributed by atoms with Crippen molar-refractivity contribution in [3.8, 4) is 0 Å². The van der Waals surface area contributed by atoms with E-state index in [0.29, 0.717) is 11.3 Å². The van der Waals surface area contributed by atoms with Gasteiger partial charge in [-0.05, 0) is 56.0 Å². The Morgan fingerprint density at radius 1 is 0.897 bits per heavy atom. The summed E-state index contributed by atoms with van der Waals surface area (Å²) in [5.41, 5.74) is 2.24. The molecular formula is C23H28N2O4. The number of anilines is 2. The topological polar surface area (TPSA) is 84.5 Å². The van der Waals surface area contributed by atoms with Gasteiger partial charge in [-0.15, -0.1) is 0 Å². The van der Waals surface area contributed by atoms with E-state index in [2.05, 4.69) is 10.6 Å². The van der Waals surface area contributed by atoms with Gasteiger partial charge >= 0.3 is 5.97 Å². The quantitative estimate of drug-likeness (QED) is 0.543. The predicted octanol–water partition coefficient (Wildman–Crippen LogP) is 4.20. The van der Waals surface area contributed by atoms with Crippen molar-refractivity contribution in [2.24, 2.45) is 5.41 Å². The maximum absolute atomic E-state index is 13.0. The number of esters is 1. The van der Waals surface area contributed by atoms with Gasteiger partial charge < -0.3 is 15.4 Å². The van der Waals surface area contributed by atoms with Crippen molar-refractivity contribution in [1.82, 2.24) is 0 Å². The number of hydrogen-bond acceptors (Lipinski definition) is 4. The number of rotatable bonds is 7. The molecule has 0 saturated heterocycles. The van der Waals surface area contributed by atoms with Crippen LogP contribution in [0.25, 0.3) is 0 Å². The molecular weight excluding hydrogens is 368 g/mol. The van der Waals surface area contributed by atoms with E-state index in [1.54, 1.807) is 32.0 Å². The molecule has 0 bridgehead atoms. The molecule has 2 rings (SSSR count). The Morgan fingerprint density at radius 2 is 1.45 bits per heavy atom. The van der Waals surface area contributed by atoms with Crippen LogP contribution in [-0.2, 0) is 27.2 Å². The van der Waals surface area contributed by atoms with Crippen molar-refractivity contribution in [2.45, 2.75) is 40.5 Å². The van der Waals surface area contributed by atoms with Gasteiger partial charge in [0.25, 0.3) is 0 Å². The molecule has 2 amide bonds. The average Bonchev–Trinajstić information content (AvgIpc) is 2.73. The summed E-state index contributed by atoms with van der Waals surface area (Å²) in [6.45, 7) is 7.19. The Bertz CT molecular complexity index is 897. The van der Waals surface area contributed by atoms with E-state index in [4.69, 9.17) is 4.74 Å². The molecule has 2 aromatic rings. The van der Waals surface area contributed by atoms with Crippen LogP contribution >= 0.6 is 0 Å². The van der Waals surface area contributed by atoms with Crippen LogP contribution in [0.2, 0.25) is 0 Å². The van der Waals surface area contributed by atoms with E-state index in [9.17, 15) is 14.4 Å². The van der Waals surface area contributed by atoms with E-state index in [1.165, 1.54) is 13.2 Å². The van der Waals surface area contributed by atoms with Crippen LogP contribution in [0.4, 0.5) is 11.4 Å². The first-order valence-corrected chi connectivity index (χ1v) is 9.66. The second-order valence-electron chi connectivity index (χ2n) is 7.26. The number of amides is 2. The molecule has 0 aliphatic heterocycles. The van der Waals surface area contributed by atoms with Crippen molar-refractivity contribution < 1.29 is 19.1 Å². The summed E-state index contributed by atoms with van der Waals surface area (Å²) < 4.78 is 4.70. The summed E-state index contributed by atoms with van der Waals surface area (Å²) in [6.07, 6.45) is 1.55. The summed E-state index contributed by atoms with van der Waals surface area (Å²) in [5, 5.41) is 5.67. The summed E-state index contributed by atoms with van der Waals surface area (Å²) in [5.74, 6) is -1.36. The normalized spacial score (nSPS) is 10.9. The molecule has 29 heavy (non-hydrogen) atoms. The van der Waals surface area contributed by atoms with Gasteiger partial charge in [-0.2, -0.15) is 0 Å². The van der Waals surface area contributed by atoms with E-state index in [-0.39, 0.29) is 0 Å². The lowest BCUT2D eigenvalue weighted by molar-refractivity contribution is -0.135. The number of para-hydroxylation sites is 1. The minimum Gasteiger partial charge on any atom is -0.465 e. The number of aryl methyl sites for hydroxylation is 2. The van der Waals surface area contributed by atoms with Gasteiger partial charge in [-0.25, -0.2) is 4.79 Å². The van der Waals surface area contributed by atoms with Crippen molar-refractivity contribution in [1.29, 1.82) is 0 Å². The van der Waals surface area contributed by atoms with Gasteiger partial charge in [0.15, 0.2) is 0 Å². The van der Waals surface area contributed by atoms with Gasteiger partial charge in [-0.3, -0.25) is 9.59 Å². The van der Waals surface area contributed by atoms with Crippen molar-refractivity contribution in [3.05, 3.63) is 59.2 Å². The maximum atomic E-state index is 13.0. The Balaban J connectivity index is 2.21. The van der Waals surface area contributed by atoms with Gasteiger partial charge in [-0.1, -0.05) is 38.1 Å². The van der Waals surface area contributed by atoms with Gasteiger partial charge in [0.05, 0.1) is 12.7 Å². The molecule has 0 atom stereocenters. The van der Waals surface area contributed by atoms with Crippen LogP contribution in [0.3, 0.4) is 0 Å². The first-order valence-electron chi connectivity index (χ1n) is 9.66. The third-order valence-corrected chi connectivity index (χ3v) is 4.91. The maximum Gasteiger partial charge on any atom is 0.337 e. The Labute approximate surface area is 171 Å². The van der Waals surface area contributed by atoms with Crippen LogP contribution in [0, 0.1) is 5.41 Å². The van der Waals surface area contributed by atoms with E-state index in [0.717, 1.165) is 29.7 Å². The summed E-state index contributed by atoms with van der Waals surface area (Å²) in [6, 6.07) is 12.3. The second kappa shape index (κ2) is 9.37. The minimum atomic E-state index is -1.33. The van der Waals surface area contributed by atoms with Gasteiger partial charge in [0.2, 0.25) is 11.8 Å². The van der Waals surface area contributed by atoms with Crippen molar-refractivity contribution in [2.75, 3.05) is 17.7 Å². The predicted molar refractivity (Wildman–Crippen MR) is 114 cm³/mol. The highest BCUT2D eigenvalue weighted by Gasteiger charge is 2.36. The fraction of sp³-hybridized carbons (Fsp3) is 0.348. The van der Waals surface area contributed by atoms with E-state index >= 15 is 0 Å². The number of benzene rings is 2. The summed E-state index contributed by atoms with van der Waals surface area (Å²) >= 11 is 0. The molecule has 0 heterocycles. The number of ether oxygens (including phenoxy) is 1. The average molecular weight is 396 g/mol. The summed E-state index contributed by atoms with van der Waals surface area (Å²) in [4.78, 5) is 37.5. The molecule has 0 saturated carbocycles. The zero-order valence-corrected chi connectivity index (χ0v) is 17.6. The molecule has 0 unspecified atom stereocenters. The van der Waals surface area contributed by atoms with Crippen molar-refractivity contribution in [3.63, 3.8) is 0 Å². The Morgan fingerprint density at radius 3 is 2.00 bits per heavy atom. The number of hydrogen-bond donors (Lipinski definition) is 2. The van der Waals surface area contributed by atoms with Crippen LogP contribution in [0.15, 0.2) is 42.5 Å². The highest BCUT2D eigenvalue weighted by atomic mass is 16.5. The molecule has 154 valence electrons. The van der Waals surface area contributed by atoms with Crippen molar-refractivity contribution >= 4 is 29.2 Å². The fourth-order valence-electron chi connectivity index (χ4n) is 2.91. The first-order chi connectivity index (χ1) is 13.7. The molecule has 0 aliphatic carbocycles. The number of nitrogens with one attached hydrogen (secondary N) is 2. The molecule has 2 N–H and O–H groups in total. The van der Waals surface area contributed by atoms with Crippen LogP contribution in [0.1, 0.15) is 49.2 Å². The smallest absolute Gasteiger partial charge is 0.337 e. The van der Waals surface area contributed by atoms with Crippen LogP contribution in [-0.4, -0.2) is 24.9 Å². The number of methoxy groups -OCH3 is 1. The van der Waals surface area contributed by atoms with Gasteiger partial charge in [0, 0.05) is 11.4 Å². The lowest BCUT2D eigenvalue weighted by Crippen LogP contribution is -2.42. The number of carbonyl (C=O) groups excluding carboxylic acids is 3. The fourth-order valence-corrected chi connectivity index (χ4v) is 2.91. The molecule has 6 heteroatoms. The monoisotopic (exact) mass is 396 g/mol. The highest BCUT2D eigenvalue weighted by Crippen LogP contribution is 2.27. The third kappa shape index (κ3) is 5.02. The Hall–Kier alpha value is -3.15. The van der Waals surface area contributed by atoms with E-state index in [1.807, 2.05) is 32.0 Å². The molecule has 2 aromatic carbocycles. The zero-order chi connectivity index (χ0) is 21.6. The Kier molecular flexibility index (Phi) is 7.15. The lowest BCUT2D eigenvalue weighted by Gasteiger charge is -2.24. The summed E-state index contributed by atoms with van der Waals surface area (Å²) in [7, 11) is 1.29. The molecule has 0 aromatic heterocycles. The lowest BCUT2D eigenvalue weighted by atomic mass is 9.90. The molecule has 0 aliphatic rings. The van der Waals surface area contributed by atoms with Crippen LogP contribution < -0.4 is 10.6 Å². The number of carbonyl (C=O) groups is 3. The standard InChI is InChI=1S/C23H28N2O4/c1-6-15-10-8-11-16(7-2)19(15)25-22(28)23(3,4)21(27)24-18-13-9-12-17(14-18)20(26)29-5/h8-14H,6-7H2,1-5H3,(H,24,27)(H,25,28). The zero-order valence-electron chi connectivity index (χ0n) is 17.6. The minimum absolute atomic E-state index is 0.317. The first kappa shape index (κ1) is 22.1. The van der Waals surface area contributed by atoms with E-state index < -0.39 is 23.2 Å². The molecule has 0 spiro atoms. The molecule has 0 fully saturated rings. The van der Waals surface area contributed by atoms with Crippen LogP contribution in [0.5, 0.6) is 0 Å².